The highest BCUT2D eigenvalue weighted by Crippen LogP contribution is 2.35. The van der Waals surface area contributed by atoms with Gasteiger partial charge in [-0.1, -0.05) is 30.3 Å². The van der Waals surface area contributed by atoms with Crippen LogP contribution in [0.2, 0.25) is 0 Å². The van der Waals surface area contributed by atoms with E-state index in [-0.39, 0.29) is 0 Å². The predicted molar refractivity (Wildman–Crippen MR) is 80.4 cm³/mol. The van der Waals surface area contributed by atoms with E-state index < -0.39 is 0 Å². The van der Waals surface area contributed by atoms with Gasteiger partial charge in [0.1, 0.15) is 0 Å². The molecule has 19 heavy (non-hydrogen) atoms. The zero-order valence-corrected chi connectivity index (χ0v) is 11.9. The van der Waals surface area contributed by atoms with E-state index in [9.17, 15) is 0 Å². The SMILES string of the molecule is c1ccc(CCCN2CCCC3(CCNC3)C2)cc1. The fourth-order valence-corrected chi connectivity index (χ4v) is 3.80. The first kappa shape index (κ1) is 13.1. The van der Waals surface area contributed by atoms with Gasteiger partial charge in [0.2, 0.25) is 0 Å². The molecule has 3 rings (SSSR count). The summed E-state index contributed by atoms with van der Waals surface area (Å²) in [7, 11) is 0. The van der Waals surface area contributed by atoms with Crippen LogP contribution in [0.1, 0.15) is 31.2 Å². The van der Waals surface area contributed by atoms with E-state index >= 15 is 0 Å². The third kappa shape index (κ3) is 3.37. The monoisotopic (exact) mass is 258 g/mol. The molecular weight excluding hydrogens is 232 g/mol. The molecule has 104 valence electrons. The maximum Gasteiger partial charge on any atom is 0.00506 e. The van der Waals surface area contributed by atoms with E-state index in [0.717, 1.165) is 0 Å². The first-order chi connectivity index (χ1) is 9.36. The summed E-state index contributed by atoms with van der Waals surface area (Å²) in [6.45, 7) is 6.40. The first-order valence-corrected chi connectivity index (χ1v) is 7.83. The zero-order valence-electron chi connectivity index (χ0n) is 11.9. The Morgan fingerprint density at radius 2 is 2.05 bits per heavy atom. The molecule has 1 spiro atoms. The maximum atomic E-state index is 3.56. The van der Waals surface area contributed by atoms with Crippen LogP contribution < -0.4 is 5.32 Å². The third-order valence-corrected chi connectivity index (χ3v) is 4.86. The minimum absolute atomic E-state index is 0.616. The zero-order chi connectivity index (χ0) is 13.0. The lowest BCUT2D eigenvalue weighted by Gasteiger charge is -2.40. The van der Waals surface area contributed by atoms with Gasteiger partial charge in [-0.15, -0.1) is 0 Å². The molecule has 2 aliphatic heterocycles. The minimum Gasteiger partial charge on any atom is -0.316 e. The molecule has 2 nitrogen and oxygen atoms in total. The summed E-state index contributed by atoms with van der Waals surface area (Å²) in [6.07, 6.45) is 6.75. The Hall–Kier alpha value is -0.860. The average molecular weight is 258 g/mol. The highest BCUT2D eigenvalue weighted by Gasteiger charge is 2.37. The van der Waals surface area contributed by atoms with Gasteiger partial charge in [-0.05, 0) is 62.7 Å². The van der Waals surface area contributed by atoms with Crippen LogP contribution in [0.3, 0.4) is 0 Å². The van der Waals surface area contributed by atoms with Crippen LogP contribution in [0.25, 0.3) is 0 Å². The van der Waals surface area contributed by atoms with Gasteiger partial charge in [0.05, 0.1) is 0 Å². The predicted octanol–water partition coefficient (Wildman–Crippen LogP) is 2.69. The largest absolute Gasteiger partial charge is 0.316 e. The number of likely N-dealkylation sites (tertiary alicyclic amines) is 1. The Morgan fingerprint density at radius 1 is 1.16 bits per heavy atom. The van der Waals surface area contributed by atoms with E-state index in [2.05, 4.69) is 40.5 Å². The molecule has 2 aliphatic rings. The molecule has 2 heterocycles. The molecule has 2 fully saturated rings. The molecule has 0 aliphatic carbocycles. The summed E-state index contributed by atoms with van der Waals surface area (Å²) in [5, 5.41) is 3.56. The van der Waals surface area contributed by atoms with E-state index in [1.165, 1.54) is 70.4 Å². The van der Waals surface area contributed by atoms with Gasteiger partial charge in [-0.3, -0.25) is 0 Å². The number of nitrogens with zero attached hydrogens (tertiary/aromatic N) is 1. The fourth-order valence-electron chi connectivity index (χ4n) is 3.80. The molecule has 1 aromatic carbocycles. The van der Waals surface area contributed by atoms with Crippen molar-refractivity contribution in [3.05, 3.63) is 35.9 Å². The number of hydrogen-bond donors (Lipinski definition) is 1. The van der Waals surface area contributed by atoms with E-state index in [1.54, 1.807) is 0 Å². The lowest BCUT2D eigenvalue weighted by Crippen LogP contribution is -2.44. The van der Waals surface area contributed by atoms with Gasteiger partial charge in [0.25, 0.3) is 0 Å². The van der Waals surface area contributed by atoms with E-state index in [4.69, 9.17) is 0 Å². The van der Waals surface area contributed by atoms with Crippen molar-refractivity contribution in [1.82, 2.24) is 10.2 Å². The van der Waals surface area contributed by atoms with Crippen molar-refractivity contribution >= 4 is 0 Å². The highest BCUT2D eigenvalue weighted by atomic mass is 15.1. The maximum absolute atomic E-state index is 3.56. The Kier molecular flexibility index (Phi) is 4.19. The molecule has 2 heteroatoms. The van der Waals surface area contributed by atoms with Crippen molar-refractivity contribution in [1.29, 1.82) is 0 Å². The standard InChI is InChI=1S/C17H26N2/c1-2-6-16(7-3-1)8-4-12-19-13-5-9-17(15-19)10-11-18-14-17/h1-3,6-7,18H,4-5,8-15H2. The molecule has 2 saturated heterocycles. The van der Waals surface area contributed by atoms with Crippen molar-refractivity contribution in [3.8, 4) is 0 Å². The van der Waals surface area contributed by atoms with Gasteiger partial charge >= 0.3 is 0 Å². The van der Waals surface area contributed by atoms with Gasteiger partial charge in [-0.2, -0.15) is 0 Å². The van der Waals surface area contributed by atoms with Gasteiger partial charge in [0, 0.05) is 13.1 Å². The molecule has 0 aromatic heterocycles. The van der Waals surface area contributed by atoms with Crippen molar-refractivity contribution in [2.24, 2.45) is 5.41 Å². The Labute approximate surface area is 117 Å². The van der Waals surface area contributed by atoms with Gasteiger partial charge in [-0.25, -0.2) is 0 Å². The summed E-state index contributed by atoms with van der Waals surface area (Å²) < 4.78 is 0. The third-order valence-electron chi connectivity index (χ3n) is 4.86. The molecule has 0 saturated carbocycles. The number of nitrogens with one attached hydrogen (secondary N) is 1. The Bertz CT molecular complexity index is 382. The van der Waals surface area contributed by atoms with Crippen LogP contribution >= 0.6 is 0 Å². The van der Waals surface area contributed by atoms with Crippen molar-refractivity contribution in [2.45, 2.75) is 32.1 Å². The molecular formula is C17H26N2. The van der Waals surface area contributed by atoms with E-state index in [1.807, 2.05) is 0 Å². The fraction of sp³-hybridized carbons (Fsp3) is 0.647. The number of piperidine rings is 1. The molecule has 0 bridgehead atoms. The first-order valence-electron chi connectivity index (χ1n) is 7.83. The van der Waals surface area contributed by atoms with Crippen LogP contribution in [-0.2, 0) is 6.42 Å². The molecule has 1 atom stereocenters. The molecule has 1 unspecified atom stereocenters. The second kappa shape index (κ2) is 6.06. The summed E-state index contributed by atoms with van der Waals surface area (Å²) in [4.78, 5) is 2.71. The van der Waals surface area contributed by atoms with Crippen molar-refractivity contribution in [3.63, 3.8) is 0 Å². The van der Waals surface area contributed by atoms with Crippen molar-refractivity contribution < 1.29 is 0 Å². The van der Waals surface area contributed by atoms with Gasteiger partial charge in [0.15, 0.2) is 0 Å². The summed E-state index contributed by atoms with van der Waals surface area (Å²) in [6, 6.07) is 10.9. The summed E-state index contributed by atoms with van der Waals surface area (Å²) in [5.41, 5.74) is 2.10. The molecule has 0 amide bonds. The minimum atomic E-state index is 0.616. The lowest BCUT2D eigenvalue weighted by atomic mass is 9.79. The number of hydrogen-bond acceptors (Lipinski definition) is 2. The Morgan fingerprint density at radius 3 is 2.84 bits per heavy atom. The summed E-state index contributed by atoms with van der Waals surface area (Å²) >= 11 is 0. The molecule has 1 N–H and O–H groups in total. The topological polar surface area (TPSA) is 15.3 Å². The van der Waals surface area contributed by atoms with Crippen LogP contribution in [0.15, 0.2) is 30.3 Å². The van der Waals surface area contributed by atoms with Crippen LogP contribution in [0, 0.1) is 5.41 Å². The van der Waals surface area contributed by atoms with Gasteiger partial charge < -0.3 is 10.2 Å². The lowest BCUT2D eigenvalue weighted by molar-refractivity contribution is 0.103. The van der Waals surface area contributed by atoms with Crippen LogP contribution in [0.5, 0.6) is 0 Å². The number of rotatable bonds is 4. The smallest absolute Gasteiger partial charge is 0.00506 e. The van der Waals surface area contributed by atoms with Crippen LogP contribution in [-0.4, -0.2) is 37.6 Å². The average Bonchev–Trinajstić information content (AvgIpc) is 2.88. The van der Waals surface area contributed by atoms with Crippen molar-refractivity contribution in [2.75, 3.05) is 32.7 Å². The Balaban J connectivity index is 1.45. The van der Waals surface area contributed by atoms with Crippen LogP contribution in [0.4, 0.5) is 0 Å². The number of aryl methyl sites for hydroxylation is 1. The molecule has 1 aromatic rings. The summed E-state index contributed by atoms with van der Waals surface area (Å²) in [5.74, 6) is 0. The highest BCUT2D eigenvalue weighted by molar-refractivity contribution is 5.14. The number of benzene rings is 1. The normalized spacial score (nSPS) is 28.0. The molecule has 0 radical (unpaired) electrons. The second-order valence-electron chi connectivity index (χ2n) is 6.40. The quantitative estimate of drug-likeness (QED) is 0.893. The van der Waals surface area contributed by atoms with E-state index in [0.29, 0.717) is 5.41 Å². The second-order valence-corrected chi connectivity index (χ2v) is 6.40.